The summed E-state index contributed by atoms with van der Waals surface area (Å²) < 4.78 is 5.82. The lowest BCUT2D eigenvalue weighted by Gasteiger charge is -2.17. The molecule has 0 aliphatic carbocycles. The molecule has 0 unspecified atom stereocenters. The highest BCUT2D eigenvalue weighted by atomic mass is 32.1. The van der Waals surface area contributed by atoms with E-state index in [2.05, 4.69) is 15.6 Å². The molecule has 2 aromatic carbocycles. The molecule has 2 amide bonds. The number of nitrogens with zero attached hydrogens (tertiary/aromatic N) is 1. The predicted molar refractivity (Wildman–Crippen MR) is 109 cm³/mol. The SMILES string of the molecule is O=C1CCc2cc(C(=O)Nc3nc(-c4cc5ccccc5o4)cs3)ccc2N1. The van der Waals surface area contributed by atoms with Crippen molar-refractivity contribution in [3.8, 4) is 11.5 Å². The van der Waals surface area contributed by atoms with Crippen LogP contribution in [0.1, 0.15) is 22.3 Å². The second-order valence-electron chi connectivity index (χ2n) is 6.56. The van der Waals surface area contributed by atoms with Crippen molar-refractivity contribution in [3.63, 3.8) is 0 Å². The van der Waals surface area contributed by atoms with E-state index in [9.17, 15) is 9.59 Å². The number of carbonyl (C=O) groups is 2. The lowest BCUT2D eigenvalue weighted by Crippen LogP contribution is -2.20. The zero-order valence-corrected chi connectivity index (χ0v) is 15.5. The second-order valence-corrected chi connectivity index (χ2v) is 7.42. The Balaban J connectivity index is 1.35. The van der Waals surface area contributed by atoms with E-state index in [1.165, 1.54) is 11.3 Å². The third-order valence-electron chi connectivity index (χ3n) is 4.67. The molecule has 1 aliphatic rings. The number of nitrogens with one attached hydrogen (secondary N) is 2. The average Bonchev–Trinajstić information content (AvgIpc) is 3.34. The number of para-hydroxylation sites is 1. The Kier molecular flexibility index (Phi) is 3.95. The second kappa shape index (κ2) is 6.61. The molecule has 2 N–H and O–H groups in total. The fourth-order valence-electron chi connectivity index (χ4n) is 3.25. The fourth-order valence-corrected chi connectivity index (χ4v) is 3.94. The summed E-state index contributed by atoms with van der Waals surface area (Å²) in [4.78, 5) is 28.5. The Morgan fingerprint density at radius 3 is 2.93 bits per heavy atom. The summed E-state index contributed by atoms with van der Waals surface area (Å²) in [7, 11) is 0. The van der Waals surface area contributed by atoms with Crippen LogP contribution in [0.4, 0.5) is 10.8 Å². The highest BCUT2D eigenvalue weighted by Crippen LogP contribution is 2.30. The van der Waals surface area contributed by atoms with E-state index >= 15 is 0 Å². The van der Waals surface area contributed by atoms with E-state index in [0.29, 0.717) is 35.0 Å². The summed E-state index contributed by atoms with van der Waals surface area (Å²) in [6.07, 6.45) is 1.07. The normalized spacial score (nSPS) is 13.2. The van der Waals surface area contributed by atoms with Gasteiger partial charge in [-0.15, -0.1) is 11.3 Å². The summed E-state index contributed by atoms with van der Waals surface area (Å²) >= 11 is 1.35. The van der Waals surface area contributed by atoms with Gasteiger partial charge in [0.2, 0.25) is 5.91 Å². The first-order valence-electron chi connectivity index (χ1n) is 8.84. The van der Waals surface area contributed by atoms with Crippen LogP contribution in [0.25, 0.3) is 22.4 Å². The molecule has 0 fully saturated rings. The molecule has 138 valence electrons. The number of aromatic nitrogens is 1. The maximum atomic E-state index is 12.6. The van der Waals surface area contributed by atoms with Crippen molar-refractivity contribution in [2.75, 3.05) is 10.6 Å². The standard InChI is InChI=1S/C21H15N3O3S/c25-19-8-6-12-9-14(5-7-15(12)22-19)20(26)24-21-23-16(11-28-21)18-10-13-3-1-2-4-17(13)27-18/h1-5,7,9-11H,6,8H2,(H,22,25)(H,23,24,26). The number of hydrogen-bond donors (Lipinski definition) is 2. The molecule has 0 saturated carbocycles. The van der Waals surface area contributed by atoms with Crippen LogP contribution in [-0.4, -0.2) is 16.8 Å². The zero-order valence-electron chi connectivity index (χ0n) is 14.7. The van der Waals surface area contributed by atoms with Gasteiger partial charge in [-0.05, 0) is 42.3 Å². The minimum absolute atomic E-state index is 0.00519. The van der Waals surface area contributed by atoms with Gasteiger partial charge in [0.1, 0.15) is 11.3 Å². The van der Waals surface area contributed by atoms with Crippen molar-refractivity contribution in [2.45, 2.75) is 12.8 Å². The van der Waals surface area contributed by atoms with E-state index in [0.717, 1.165) is 22.2 Å². The molecule has 28 heavy (non-hydrogen) atoms. The van der Waals surface area contributed by atoms with Crippen LogP contribution < -0.4 is 10.6 Å². The summed E-state index contributed by atoms with van der Waals surface area (Å²) in [6, 6.07) is 15.0. The molecular weight excluding hydrogens is 374 g/mol. The molecule has 2 aromatic heterocycles. The number of rotatable bonds is 3. The molecule has 4 aromatic rings. The van der Waals surface area contributed by atoms with Crippen LogP contribution in [-0.2, 0) is 11.2 Å². The number of hydrogen-bond acceptors (Lipinski definition) is 5. The quantitative estimate of drug-likeness (QED) is 0.532. The monoisotopic (exact) mass is 389 g/mol. The molecule has 0 atom stereocenters. The summed E-state index contributed by atoms with van der Waals surface area (Å²) in [5, 5.41) is 9.03. The summed E-state index contributed by atoms with van der Waals surface area (Å²) in [5.41, 5.74) is 3.76. The molecule has 3 heterocycles. The Labute approximate surface area is 164 Å². The highest BCUT2D eigenvalue weighted by Gasteiger charge is 2.18. The van der Waals surface area contributed by atoms with Gasteiger partial charge in [0.05, 0.1) is 0 Å². The van der Waals surface area contributed by atoms with Crippen LogP contribution in [0.2, 0.25) is 0 Å². The van der Waals surface area contributed by atoms with Crippen LogP contribution >= 0.6 is 11.3 Å². The van der Waals surface area contributed by atoms with Crippen molar-refractivity contribution < 1.29 is 14.0 Å². The van der Waals surface area contributed by atoms with Crippen LogP contribution in [0.5, 0.6) is 0 Å². The predicted octanol–water partition coefficient (Wildman–Crippen LogP) is 4.69. The van der Waals surface area contributed by atoms with Gasteiger partial charge in [0.25, 0.3) is 5.91 Å². The van der Waals surface area contributed by atoms with Gasteiger partial charge < -0.3 is 9.73 Å². The molecule has 0 radical (unpaired) electrons. The van der Waals surface area contributed by atoms with E-state index in [4.69, 9.17) is 4.42 Å². The number of carbonyl (C=O) groups excluding carboxylic acids is 2. The number of amides is 2. The van der Waals surface area contributed by atoms with Crippen LogP contribution in [0.3, 0.4) is 0 Å². The van der Waals surface area contributed by atoms with E-state index in [1.807, 2.05) is 41.8 Å². The first-order valence-corrected chi connectivity index (χ1v) is 9.72. The van der Waals surface area contributed by atoms with Crippen molar-refractivity contribution in [1.82, 2.24) is 4.98 Å². The minimum Gasteiger partial charge on any atom is -0.454 e. The zero-order chi connectivity index (χ0) is 19.1. The lowest BCUT2D eigenvalue weighted by atomic mass is 10.0. The van der Waals surface area contributed by atoms with Gasteiger partial charge in [-0.3, -0.25) is 14.9 Å². The summed E-state index contributed by atoms with van der Waals surface area (Å²) in [5.74, 6) is 0.443. The van der Waals surface area contributed by atoms with Gasteiger partial charge in [0.15, 0.2) is 10.9 Å². The minimum atomic E-state index is -0.231. The Hall–Kier alpha value is -3.45. The molecule has 7 heteroatoms. The van der Waals surface area contributed by atoms with E-state index in [1.54, 1.807) is 12.1 Å². The largest absolute Gasteiger partial charge is 0.454 e. The average molecular weight is 389 g/mol. The molecule has 0 saturated heterocycles. The number of anilines is 2. The number of furan rings is 1. The smallest absolute Gasteiger partial charge is 0.257 e. The number of thiazole rings is 1. The molecule has 0 bridgehead atoms. The fraction of sp³-hybridized carbons (Fsp3) is 0.0952. The van der Waals surface area contributed by atoms with Crippen molar-refractivity contribution >= 4 is 44.9 Å². The van der Waals surface area contributed by atoms with Gasteiger partial charge in [-0.1, -0.05) is 18.2 Å². The number of aryl methyl sites for hydroxylation is 1. The summed E-state index contributed by atoms with van der Waals surface area (Å²) in [6.45, 7) is 0. The van der Waals surface area contributed by atoms with Crippen molar-refractivity contribution in [1.29, 1.82) is 0 Å². The number of benzene rings is 2. The number of fused-ring (bicyclic) bond motifs is 2. The first kappa shape index (κ1) is 16.7. The molecular formula is C21H15N3O3S. The lowest BCUT2D eigenvalue weighted by molar-refractivity contribution is -0.116. The third-order valence-corrected chi connectivity index (χ3v) is 5.42. The topological polar surface area (TPSA) is 84.2 Å². The van der Waals surface area contributed by atoms with Gasteiger partial charge in [-0.25, -0.2) is 4.98 Å². The highest BCUT2D eigenvalue weighted by molar-refractivity contribution is 7.14. The molecule has 1 aliphatic heterocycles. The Morgan fingerprint density at radius 1 is 1.14 bits per heavy atom. The van der Waals surface area contributed by atoms with Crippen LogP contribution in [0.15, 0.2) is 58.3 Å². The van der Waals surface area contributed by atoms with E-state index in [-0.39, 0.29) is 11.8 Å². The molecule has 5 rings (SSSR count). The molecule has 6 nitrogen and oxygen atoms in total. The Bertz CT molecular complexity index is 1190. The third kappa shape index (κ3) is 3.05. The maximum Gasteiger partial charge on any atom is 0.257 e. The molecule has 0 spiro atoms. The first-order chi connectivity index (χ1) is 13.7. The van der Waals surface area contributed by atoms with Gasteiger partial charge >= 0.3 is 0 Å². The van der Waals surface area contributed by atoms with E-state index < -0.39 is 0 Å². The van der Waals surface area contributed by atoms with Crippen molar-refractivity contribution in [3.05, 3.63) is 65.0 Å². The Morgan fingerprint density at radius 2 is 2.04 bits per heavy atom. The van der Waals surface area contributed by atoms with Crippen LogP contribution in [0, 0.1) is 0 Å². The maximum absolute atomic E-state index is 12.6. The van der Waals surface area contributed by atoms with Gasteiger partial charge in [0, 0.05) is 28.4 Å². The van der Waals surface area contributed by atoms with Gasteiger partial charge in [-0.2, -0.15) is 0 Å². The van der Waals surface area contributed by atoms with Crippen molar-refractivity contribution in [2.24, 2.45) is 0 Å².